The van der Waals surface area contributed by atoms with E-state index in [1.54, 1.807) is 49.4 Å². The summed E-state index contributed by atoms with van der Waals surface area (Å²) in [4.78, 5) is 58.2. The number of thiophene rings is 1. The molecule has 2 aromatic heterocycles. The van der Waals surface area contributed by atoms with Crippen LogP contribution in [0.5, 0.6) is 0 Å². The Kier molecular flexibility index (Phi) is 6.76. The summed E-state index contributed by atoms with van der Waals surface area (Å²) in [6.45, 7) is 1.53. The van der Waals surface area contributed by atoms with Gasteiger partial charge in [0.2, 0.25) is 5.91 Å². The zero-order valence-corrected chi connectivity index (χ0v) is 21.4. The van der Waals surface area contributed by atoms with Gasteiger partial charge in [0.1, 0.15) is 23.2 Å². The highest BCUT2D eigenvalue weighted by Gasteiger charge is 2.57. The highest BCUT2D eigenvalue weighted by Crippen LogP contribution is 2.43. The van der Waals surface area contributed by atoms with E-state index < -0.39 is 35.2 Å². The normalized spacial score (nSPS) is 19.7. The first-order chi connectivity index (χ1) is 17.8. The van der Waals surface area contributed by atoms with Gasteiger partial charge in [-0.05, 0) is 41.6 Å². The zero-order valence-electron chi connectivity index (χ0n) is 19.8. The number of carboxylic acids is 1. The number of hydrogen-bond donors (Lipinski definition) is 3. The van der Waals surface area contributed by atoms with Gasteiger partial charge in [-0.3, -0.25) is 19.3 Å². The molecule has 2 amide bonds. The number of thioether (sulfide) groups is 1. The first kappa shape index (κ1) is 25.0. The number of hydrogen-bond acceptors (Lipinski definition) is 7. The second kappa shape index (κ2) is 10.0. The summed E-state index contributed by atoms with van der Waals surface area (Å²) in [5, 5.41) is 11.0. The van der Waals surface area contributed by atoms with Crippen molar-refractivity contribution in [1.29, 1.82) is 0 Å². The van der Waals surface area contributed by atoms with Gasteiger partial charge < -0.3 is 20.7 Å². The van der Waals surface area contributed by atoms with Crippen molar-refractivity contribution in [2.24, 2.45) is 5.73 Å². The van der Waals surface area contributed by atoms with E-state index in [0.717, 1.165) is 4.88 Å². The van der Waals surface area contributed by atoms with Crippen LogP contribution < -0.4 is 11.3 Å². The van der Waals surface area contributed by atoms with Gasteiger partial charge in [0.25, 0.3) is 11.5 Å². The van der Waals surface area contributed by atoms with Crippen LogP contribution in [-0.2, 0) is 20.9 Å². The number of benzene rings is 1. The van der Waals surface area contributed by atoms with Crippen LogP contribution >= 0.6 is 23.1 Å². The number of amides is 2. The highest BCUT2D eigenvalue weighted by atomic mass is 32.2. The van der Waals surface area contributed by atoms with Gasteiger partial charge in [-0.25, -0.2) is 4.79 Å². The van der Waals surface area contributed by atoms with Crippen molar-refractivity contribution in [3.63, 3.8) is 0 Å². The molecule has 0 spiro atoms. The molecule has 0 bridgehead atoms. The first-order valence-electron chi connectivity index (χ1n) is 11.5. The van der Waals surface area contributed by atoms with Gasteiger partial charge >= 0.3 is 5.97 Å². The molecule has 190 valence electrons. The van der Waals surface area contributed by atoms with Crippen LogP contribution in [0.25, 0.3) is 10.6 Å². The van der Waals surface area contributed by atoms with Gasteiger partial charge in [-0.1, -0.05) is 36.4 Å². The number of nitrogens with one attached hydrogen (secondary N) is 1. The fourth-order valence-corrected chi connectivity index (χ4v) is 6.66. The number of aromatic amines is 1. The average molecular weight is 537 g/mol. The highest BCUT2D eigenvalue weighted by molar-refractivity contribution is 8.00. The zero-order chi connectivity index (χ0) is 26.3. The third-order valence-corrected chi connectivity index (χ3v) is 8.81. The summed E-state index contributed by atoms with van der Waals surface area (Å²) in [6, 6.07) is 14.0. The molecule has 4 N–H and O–H groups in total. The number of fused-ring (bicyclic) bond motifs is 1. The summed E-state index contributed by atoms with van der Waals surface area (Å²) < 4.78 is 0. The smallest absolute Gasteiger partial charge is 0.352 e. The Labute approximate surface area is 220 Å². The Morgan fingerprint density at radius 2 is 1.92 bits per heavy atom. The molecule has 5 rings (SSSR count). The Balaban J connectivity index is 1.49. The summed E-state index contributed by atoms with van der Waals surface area (Å²) in [6.07, 6.45) is 0. The molecule has 9 nitrogen and oxygen atoms in total. The predicted octanol–water partition coefficient (Wildman–Crippen LogP) is 2.77. The second-order valence-corrected chi connectivity index (χ2v) is 10.9. The third kappa shape index (κ3) is 4.50. The molecule has 3 aromatic rings. The number of aliphatic carboxylic acids is 1. The van der Waals surface area contributed by atoms with Crippen LogP contribution in [0.2, 0.25) is 0 Å². The van der Waals surface area contributed by atoms with Crippen molar-refractivity contribution in [2.75, 3.05) is 5.75 Å². The lowest BCUT2D eigenvalue weighted by molar-refractivity contribution is -0.161. The maximum Gasteiger partial charge on any atom is 0.352 e. The molecular weight excluding hydrogens is 512 g/mol. The van der Waals surface area contributed by atoms with Gasteiger partial charge in [-0.15, -0.1) is 23.1 Å². The molecule has 0 radical (unpaired) electrons. The third-order valence-electron chi connectivity index (χ3n) is 6.50. The summed E-state index contributed by atoms with van der Waals surface area (Å²) >= 11 is 2.87. The van der Waals surface area contributed by atoms with E-state index >= 15 is 0 Å². The fraction of sp³-hybridized carbons (Fsp3) is 0.231. The quantitative estimate of drug-likeness (QED) is 0.395. The number of nitrogens with two attached hydrogens (primary N) is 1. The molecule has 1 saturated heterocycles. The van der Waals surface area contributed by atoms with Gasteiger partial charge in [0.15, 0.2) is 0 Å². The van der Waals surface area contributed by atoms with E-state index in [1.165, 1.54) is 32.9 Å². The van der Waals surface area contributed by atoms with Crippen molar-refractivity contribution >= 4 is 40.9 Å². The molecular formula is C26H24N4O5S2. The minimum atomic E-state index is -1.19. The van der Waals surface area contributed by atoms with Gasteiger partial charge in [0, 0.05) is 11.3 Å². The maximum atomic E-state index is 13.7. The van der Waals surface area contributed by atoms with Crippen LogP contribution in [0.15, 0.2) is 76.0 Å². The SMILES string of the molecule is CC1=C(C(=O)O)N2C(=O)[C@@H](N(Cc3ccc(-c4cccs4)[nH]c3=O)C(=O)[C@H](N)c3ccccc3)[C@H]2SC1. The topological polar surface area (TPSA) is 137 Å². The molecule has 0 aliphatic carbocycles. The monoisotopic (exact) mass is 536 g/mol. The lowest BCUT2D eigenvalue weighted by Gasteiger charge is -2.53. The van der Waals surface area contributed by atoms with Crippen LogP contribution in [0.4, 0.5) is 0 Å². The molecule has 0 saturated carbocycles. The second-order valence-electron chi connectivity index (χ2n) is 8.85. The molecule has 11 heteroatoms. The standard InChI is InChI=1S/C26H24N4O5S2/c1-14-13-37-25-21(24(33)30(25)20(14)26(34)35)29(23(32)19(27)15-6-3-2-4-7-15)12-16-9-10-17(28-22(16)31)18-8-5-11-36-18/h2-11,19,21,25H,12-13,27H2,1H3,(H,28,31)(H,34,35)/t19-,21-,25-/m1/s1. The molecule has 4 heterocycles. The molecule has 2 aliphatic heterocycles. The Morgan fingerprint density at radius 3 is 2.57 bits per heavy atom. The van der Waals surface area contributed by atoms with Crippen molar-refractivity contribution in [3.8, 4) is 10.6 Å². The minimum Gasteiger partial charge on any atom is -0.477 e. The van der Waals surface area contributed by atoms with E-state index in [4.69, 9.17) is 5.73 Å². The Hall–Kier alpha value is -3.67. The van der Waals surface area contributed by atoms with E-state index in [1.807, 2.05) is 17.5 Å². The average Bonchev–Trinajstić information content (AvgIpc) is 3.44. The number of pyridine rings is 1. The van der Waals surface area contributed by atoms with E-state index in [0.29, 0.717) is 28.1 Å². The number of nitrogens with zero attached hydrogens (tertiary/aromatic N) is 2. The van der Waals surface area contributed by atoms with Crippen molar-refractivity contribution in [2.45, 2.75) is 30.9 Å². The van der Waals surface area contributed by atoms with Crippen LogP contribution in [0, 0.1) is 0 Å². The molecule has 3 atom stereocenters. The number of rotatable bonds is 7. The number of carboxylic acid groups (broad SMARTS) is 1. The lowest BCUT2D eigenvalue weighted by Crippen LogP contribution is -2.71. The van der Waals surface area contributed by atoms with Crippen molar-refractivity contribution in [1.82, 2.24) is 14.8 Å². The number of aromatic nitrogens is 1. The van der Waals surface area contributed by atoms with E-state index in [2.05, 4.69) is 4.98 Å². The predicted molar refractivity (Wildman–Crippen MR) is 142 cm³/mol. The number of carbonyl (C=O) groups excluding carboxylic acids is 2. The lowest BCUT2D eigenvalue weighted by atomic mass is 9.98. The Morgan fingerprint density at radius 1 is 1.16 bits per heavy atom. The molecule has 1 fully saturated rings. The van der Waals surface area contributed by atoms with Crippen LogP contribution in [0.1, 0.15) is 24.1 Å². The molecule has 37 heavy (non-hydrogen) atoms. The molecule has 1 aromatic carbocycles. The fourth-order valence-electron chi connectivity index (χ4n) is 4.59. The molecule has 2 aliphatic rings. The van der Waals surface area contributed by atoms with Crippen LogP contribution in [0.3, 0.4) is 0 Å². The Bertz CT molecular complexity index is 1450. The van der Waals surface area contributed by atoms with E-state index in [9.17, 15) is 24.3 Å². The van der Waals surface area contributed by atoms with Crippen molar-refractivity contribution in [3.05, 3.63) is 92.7 Å². The summed E-state index contributed by atoms with van der Waals surface area (Å²) in [7, 11) is 0. The van der Waals surface area contributed by atoms with E-state index in [-0.39, 0.29) is 17.8 Å². The number of carbonyl (C=O) groups is 3. The van der Waals surface area contributed by atoms with Gasteiger partial charge in [-0.2, -0.15) is 0 Å². The first-order valence-corrected chi connectivity index (χ1v) is 13.5. The minimum absolute atomic E-state index is 0.0529. The summed E-state index contributed by atoms with van der Waals surface area (Å²) in [5.41, 5.74) is 8.01. The van der Waals surface area contributed by atoms with Gasteiger partial charge in [0.05, 0.1) is 17.1 Å². The number of H-pyrrole nitrogens is 1. The largest absolute Gasteiger partial charge is 0.477 e. The number of β-lactam (4-membered cyclic amide) rings is 1. The van der Waals surface area contributed by atoms with Crippen molar-refractivity contribution < 1.29 is 19.5 Å². The van der Waals surface area contributed by atoms with Crippen LogP contribution in [-0.4, -0.2) is 54.8 Å². The maximum absolute atomic E-state index is 13.7. The molecule has 0 unspecified atom stereocenters. The summed E-state index contributed by atoms with van der Waals surface area (Å²) in [5.74, 6) is -1.80.